The Bertz CT molecular complexity index is 595. The zero-order valence-corrected chi connectivity index (χ0v) is 14.5. The molecule has 1 aromatic rings. The van der Waals surface area contributed by atoms with Crippen molar-refractivity contribution in [3.63, 3.8) is 0 Å². The Hall–Kier alpha value is -1.74. The summed E-state index contributed by atoms with van der Waals surface area (Å²) in [4.78, 5) is 26.9. The number of carbonyl (C=O) groups is 1. The third kappa shape index (κ3) is 5.72. The van der Waals surface area contributed by atoms with Crippen molar-refractivity contribution in [1.29, 1.82) is 0 Å². The monoisotopic (exact) mass is 357 g/mol. The number of aromatic nitrogens is 2. The third-order valence-corrected chi connectivity index (χ3v) is 4.55. The molecule has 0 amide bonds. The minimum atomic E-state index is -0.689. The predicted molar refractivity (Wildman–Crippen MR) is 90.7 cm³/mol. The van der Waals surface area contributed by atoms with Crippen LogP contribution >= 0.6 is 11.8 Å². The number of anilines is 1. The SMILES string of the molecule is CCCCCCOC(=O)OC[C@H]1O[C@@H](n2ccc(N)nc2=O)CS1. The van der Waals surface area contributed by atoms with Crippen molar-refractivity contribution in [2.75, 3.05) is 24.7 Å². The van der Waals surface area contributed by atoms with Gasteiger partial charge in [0.1, 0.15) is 24.1 Å². The largest absolute Gasteiger partial charge is 0.508 e. The number of carbonyl (C=O) groups excluding carboxylic acids is 1. The molecule has 2 rings (SSSR count). The molecule has 1 fully saturated rings. The lowest BCUT2D eigenvalue weighted by atomic mass is 10.2. The maximum Gasteiger partial charge on any atom is 0.508 e. The van der Waals surface area contributed by atoms with Crippen molar-refractivity contribution in [2.45, 2.75) is 44.3 Å². The summed E-state index contributed by atoms with van der Waals surface area (Å²) in [5, 5.41) is 0. The van der Waals surface area contributed by atoms with E-state index in [1.54, 1.807) is 6.20 Å². The van der Waals surface area contributed by atoms with Gasteiger partial charge in [-0.15, -0.1) is 11.8 Å². The highest BCUT2D eigenvalue weighted by Crippen LogP contribution is 2.31. The van der Waals surface area contributed by atoms with Gasteiger partial charge in [-0.05, 0) is 12.5 Å². The molecular formula is C15H23N3O5S. The minimum Gasteiger partial charge on any atom is -0.434 e. The second kappa shape index (κ2) is 9.53. The van der Waals surface area contributed by atoms with Gasteiger partial charge in [-0.25, -0.2) is 9.59 Å². The number of nitrogens with zero attached hydrogens (tertiary/aromatic N) is 2. The molecule has 9 heteroatoms. The van der Waals surface area contributed by atoms with Crippen LogP contribution in [0.1, 0.15) is 38.8 Å². The molecular weight excluding hydrogens is 334 g/mol. The van der Waals surface area contributed by atoms with Gasteiger partial charge in [0.25, 0.3) is 0 Å². The van der Waals surface area contributed by atoms with Crippen LogP contribution in [-0.4, -0.2) is 40.1 Å². The maximum absolute atomic E-state index is 11.8. The Morgan fingerprint density at radius 1 is 1.46 bits per heavy atom. The Morgan fingerprint density at radius 3 is 3.04 bits per heavy atom. The van der Waals surface area contributed by atoms with Crippen molar-refractivity contribution < 1.29 is 19.0 Å². The van der Waals surface area contributed by atoms with E-state index in [1.165, 1.54) is 22.4 Å². The molecule has 2 heterocycles. The van der Waals surface area contributed by atoms with Crippen LogP contribution in [0.25, 0.3) is 0 Å². The zero-order valence-electron chi connectivity index (χ0n) is 13.7. The van der Waals surface area contributed by atoms with Crippen LogP contribution in [0.5, 0.6) is 0 Å². The summed E-state index contributed by atoms with van der Waals surface area (Å²) >= 11 is 1.46. The van der Waals surface area contributed by atoms with Gasteiger partial charge in [-0.2, -0.15) is 4.98 Å². The van der Waals surface area contributed by atoms with Gasteiger partial charge in [0.2, 0.25) is 0 Å². The second-order valence-electron chi connectivity index (χ2n) is 5.37. The minimum absolute atomic E-state index is 0.0755. The topological polar surface area (TPSA) is 106 Å². The Balaban J connectivity index is 1.68. The standard InChI is InChI=1S/C15H23N3O5S/c1-2-3-4-5-8-21-15(20)22-9-13-23-12(10-24-13)18-7-6-11(16)17-14(18)19/h6-7,12-13H,2-5,8-10H2,1H3,(H2,16,17,19)/t12-,13+/m1/s1. The molecule has 0 bridgehead atoms. The van der Waals surface area contributed by atoms with E-state index in [2.05, 4.69) is 11.9 Å². The van der Waals surface area contributed by atoms with E-state index >= 15 is 0 Å². The van der Waals surface area contributed by atoms with Gasteiger partial charge in [-0.3, -0.25) is 4.57 Å². The Morgan fingerprint density at radius 2 is 2.29 bits per heavy atom. The number of unbranched alkanes of at least 4 members (excludes halogenated alkanes) is 3. The first kappa shape index (κ1) is 18.6. The van der Waals surface area contributed by atoms with E-state index < -0.39 is 18.1 Å². The van der Waals surface area contributed by atoms with E-state index in [9.17, 15) is 9.59 Å². The van der Waals surface area contributed by atoms with Crippen LogP contribution in [0, 0.1) is 0 Å². The molecule has 1 saturated heterocycles. The van der Waals surface area contributed by atoms with Crippen LogP contribution in [-0.2, 0) is 14.2 Å². The average molecular weight is 357 g/mol. The summed E-state index contributed by atoms with van der Waals surface area (Å²) in [5.41, 5.74) is 4.65. The average Bonchev–Trinajstić information content (AvgIpc) is 3.01. The van der Waals surface area contributed by atoms with Gasteiger partial charge in [-0.1, -0.05) is 26.2 Å². The first-order chi connectivity index (χ1) is 11.6. The summed E-state index contributed by atoms with van der Waals surface area (Å²) in [7, 11) is 0. The molecule has 0 radical (unpaired) electrons. The molecule has 1 aliphatic rings. The molecule has 2 N–H and O–H groups in total. The Labute approximate surface area is 144 Å². The number of nitrogens with two attached hydrogens (primary N) is 1. The number of hydrogen-bond acceptors (Lipinski definition) is 8. The van der Waals surface area contributed by atoms with Crippen LogP contribution in [0.3, 0.4) is 0 Å². The van der Waals surface area contributed by atoms with Gasteiger partial charge in [0.15, 0.2) is 0 Å². The summed E-state index contributed by atoms with van der Waals surface area (Å²) in [6, 6.07) is 1.54. The van der Waals surface area contributed by atoms with Crippen molar-refractivity contribution in [3.05, 3.63) is 22.7 Å². The van der Waals surface area contributed by atoms with Crippen LogP contribution < -0.4 is 11.4 Å². The van der Waals surface area contributed by atoms with Gasteiger partial charge >= 0.3 is 11.8 Å². The van der Waals surface area contributed by atoms with Crippen molar-refractivity contribution in [1.82, 2.24) is 9.55 Å². The summed E-state index contributed by atoms with van der Waals surface area (Å²) in [6.45, 7) is 2.56. The zero-order chi connectivity index (χ0) is 17.4. The lowest BCUT2D eigenvalue weighted by Crippen LogP contribution is -2.29. The maximum atomic E-state index is 11.8. The van der Waals surface area contributed by atoms with E-state index in [0.29, 0.717) is 12.4 Å². The molecule has 8 nitrogen and oxygen atoms in total. The van der Waals surface area contributed by atoms with Gasteiger partial charge in [0, 0.05) is 11.9 Å². The number of hydrogen-bond donors (Lipinski definition) is 1. The molecule has 0 saturated carbocycles. The molecule has 24 heavy (non-hydrogen) atoms. The summed E-state index contributed by atoms with van der Waals surface area (Å²) < 4.78 is 17.1. The highest BCUT2D eigenvalue weighted by molar-refractivity contribution is 8.00. The van der Waals surface area contributed by atoms with Crippen molar-refractivity contribution in [2.24, 2.45) is 0 Å². The summed E-state index contributed by atoms with van der Waals surface area (Å²) in [5.74, 6) is 0.731. The highest BCUT2D eigenvalue weighted by atomic mass is 32.2. The first-order valence-corrected chi connectivity index (χ1v) is 9.06. The first-order valence-electron chi connectivity index (χ1n) is 8.01. The molecule has 2 atom stereocenters. The van der Waals surface area contributed by atoms with E-state index in [-0.39, 0.29) is 17.9 Å². The van der Waals surface area contributed by atoms with Gasteiger partial charge in [0.05, 0.1) is 6.61 Å². The fourth-order valence-corrected chi connectivity index (χ4v) is 3.17. The lowest BCUT2D eigenvalue weighted by Gasteiger charge is -2.14. The third-order valence-electron chi connectivity index (χ3n) is 3.45. The number of ether oxygens (including phenoxy) is 3. The highest BCUT2D eigenvalue weighted by Gasteiger charge is 2.29. The molecule has 0 aliphatic carbocycles. The number of rotatable bonds is 8. The van der Waals surface area contributed by atoms with Crippen LogP contribution in [0.2, 0.25) is 0 Å². The summed E-state index contributed by atoms with van der Waals surface area (Å²) in [6.07, 6.45) is 4.55. The number of nitrogen functional groups attached to an aromatic ring is 1. The lowest BCUT2D eigenvalue weighted by molar-refractivity contribution is -0.0239. The van der Waals surface area contributed by atoms with Gasteiger partial charge < -0.3 is 19.9 Å². The van der Waals surface area contributed by atoms with E-state index in [0.717, 1.165) is 25.7 Å². The fourth-order valence-electron chi connectivity index (χ4n) is 2.18. The van der Waals surface area contributed by atoms with Crippen molar-refractivity contribution in [3.8, 4) is 0 Å². The molecule has 0 aromatic carbocycles. The van der Waals surface area contributed by atoms with Crippen molar-refractivity contribution >= 4 is 23.7 Å². The molecule has 1 aliphatic heterocycles. The quantitative estimate of drug-likeness (QED) is 0.557. The Kier molecular flexibility index (Phi) is 7.38. The normalized spacial score (nSPS) is 20.0. The molecule has 1 aromatic heterocycles. The molecule has 0 unspecified atom stereocenters. The van der Waals surface area contributed by atoms with E-state index in [4.69, 9.17) is 19.9 Å². The van der Waals surface area contributed by atoms with E-state index in [1.807, 2.05) is 0 Å². The molecule has 0 spiro atoms. The van der Waals surface area contributed by atoms with Crippen LogP contribution in [0.15, 0.2) is 17.1 Å². The smallest absolute Gasteiger partial charge is 0.434 e. The second-order valence-corrected chi connectivity index (χ2v) is 6.56. The molecule has 134 valence electrons. The van der Waals surface area contributed by atoms with Crippen LogP contribution in [0.4, 0.5) is 10.6 Å². The number of thioether (sulfide) groups is 1. The fraction of sp³-hybridized carbons (Fsp3) is 0.667. The predicted octanol–water partition coefficient (Wildman–Crippen LogP) is 2.15.